The van der Waals surface area contributed by atoms with E-state index >= 15 is 0 Å². The maximum Gasteiger partial charge on any atom is 0.301 e. The molecule has 0 N–H and O–H groups in total. The number of benzene rings is 2. The Morgan fingerprint density at radius 3 is 1.82 bits per heavy atom. The van der Waals surface area contributed by atoms with Crippen molar-refractivity contribution in [2.45, 2.75) is 5.16 Å². The lowest BCUT2D eigenvalue weighted by atomic mass is 10.0. The minimum atomic E-state index is -0.370. The monoisotopic (exact) mass is 516 g/mol. The van der Waals surface area contributed by atoms with E-state index < -0.39 is 0 Å². The van der Waals surface area contributed by atoms with Crippen molar-refractivity contribution in [1.29, 1.82) is 0 Å². The molecule has 2 aromatic heterocycles. The van der Waals surface area contributed by atoms with Gasteiger partial charge in [0, 0.05) is 27.1 Å². The van der Waals surface area contributed by atoms with Crippen molar-refractivity contribution < 1.29 is 0 Å². The number of halogens is 2. The highest BCUT2D eigenvalue weighted by Crippen LogP contribution is 2.32. The number of rotatable bonds is 3. The first-order chi connectivity index (χ1) is 13.5. The van der Waals surface area contributed by atoms with Crippen LogP contribution < -0.4 is 5.56 Å². The average molecular weight is 518 g/mol. The summed E-state index contributed by atoms with van der Waals surface area (Å²) in [4.78, 5) is 26.3. The van der Waals surface area contributed by atoms with Gasteiger partial charge >= 0.3 is 5.56 Å². The van der Waals surface area contributed by atoms with Crippen molar-refractivity contribution in [1.82, 2.24) is 19.5 Å². The summed E-state index contributed by atoms with van der Waals surface area (Å²) in [6, 6.07) is 15.7. The normalized spacial score (nSPS) is 11.1. The van der Waals surface area contributed by atoms with Crippen LogP contribution in [0.3, 0.4) is 0 Å². The van der Waals surface area contributed by atoms with Crippen LogP contribution in [0.25, 0.3) is 33.7 Å². The predicted octanol–water partition coefficient (Wildman–Crippen LogP) is 5.30. The van der Waals surface area contributed by atoms with E-state index in [4.69, 9.17) is 9.97 Å². The first kappa shape index (κ1) is 19.3. The van der Waals surface area contributed by atoms with E-state index in [2.05, 4.69) is 36.8 Å². The Kier molecular flexibility index (Phi) is 5.35. The molecule has 4 rings (SSSR count). The first-order valence-corrected chi connectivity index (χ1v) is 11.1. The molecule has 5 nitrogen and oxygen atoms in total. The number of thioether (sulfide) groups is 1. The molecular formula is C20H14Br2N4OS. The summed E-state index contributed by atoms with van der Waals surface area (Å²) >= 11 is 8.33. The van der Waals surface area contributed by atoms with Gasteiger partial charge in [0.1, 0.15) is 0 Å². The summed E-state index contributed by atoms with van der Waals surface area (Å²) in [6.07, 6.45) is 1.88. The number of aromatic nitrogens is 4. The average Bonchev–Trinajstić information content (AvgIpc) is 2.71. The highest BCUT2D eigenvalue weighted by molar-refractivity contribution is 9.10. The molecule has 28 heavy (non-hydrogen) atoms. The van der Waals surface area contributed by atoms with E-state index in [1.54, 1.807) is 0 Å². The van der Waals surface area contributed by atoms with Crippen LogP contribution in [0.1, 0.15) is 0 Å². The Balaban J connectivity index is 2.09. The van der Waals surface area contributed by atoms with Gasteiger partial charge in [-0.1, -0.05) is 67.9 Å². The molecule has 0 atom stereocenters. The van der Waals surface area contributed by atoms with Crippen LogP contribution in [0.4, 0.5) is 0 Å². The lowest BCUT2D eigenvalue weighted by Crippen LogP contribution is -2.17. The second kappa shape index (κ2) is 7.77. The van der Waals surface area contributed by atoms with E-state index in [1.807, 2.05) is 66.4 Å². The molecule has 0 fully saturated rings. The summed E-state index contributed by atoms with van der Waals surface area (Å²) < 4.78 is 3.76. The van der Waals surface area contributed by atoms with E-state index in [1.165, 1.54) is 11.8 Å². The number of aryl methyl sites for hydroxylation is 1. The first-order valence-electron chi connectivity index (χ1n) is 8.32. The summed E-state index contributed by atoms with van der Waals surface area (Å²) in [7, 11) is 1.85. The van der Waals surface area contributed by atoms with Gasteiger partial charge in [-0.05, 0) is 30.5 Å². The smallest absolute Gasteiger partial charge is 0.301 e. The minimum absolute atomic E-state index is 0.263. The third-order valence-electron chi connectivity index (χ3n) is 4.30. The molecule has 0 saturated heterocycles. The molecule has 0 amide bonds. The minimum Gasteiger partial charge on any atom is -0.307 e. The van der Waals surface area contributed by atoms with Gasteiger partial charge in [0.05, 0.1) is 11.4 Å². The van der Waals surface area contributed by atoms with Crippen LogP contribution in [0, 0.1) is 0 Å². The van der Waals surface area contributed by atoms with Crippen LogP contribution in [0.15, 0.2) is 67.4 Å². The zero-order valence-electron chi connectivity index (χ0n) is 15.0. The van der Waals surface area contributed by atoms with Gasteiger partial charge in [-0.2, -0.15) is 4.98 Å². The molecule has 0 unspecified atom stereocenters. The highest BCUT2D eigenvalue weighted by Gasteiger charge is 2.18. The number of hydrogen-bond donors (Lipinski definition) is 0. The fourth-order valence-electron chi connectivity index (χ4n) is 2.91. The molecule has 140 valence electrons. The number of fused-ring (bicyclic) bond motifs is 1. The Hall–Kier alpha value is -2.03. The Labute approximate surface area is 182 Å². The van der Waals surface area contributed by atoms with E-state index in [0.29, 0.717) is 16.5 Å². The second-order valence-electron chi connectivity index (χ2n) is 6.07. The Morgan fingerprint density at radius 2 is 1.32 bits per heavy atom. The standard InChI is InChI=1S/C20H14Br2N4OS/c1-26-18-17(19(27)25-20(26)28-2)23-15(11-3-7-13(21)8-4-11)16(24-18)12-5-9-14(22)10-6-12/h3-10H,1-2H3. The van der Waals surface area contributed by atoms with E-state index in [9.17, 15) is 4.79 Å². The summed E-state index contributed by atoms with van der Waals surface area (Å²) in [5, 5.41) is 0.602. The third kappa shape index (κ3) is 3.52. The molecule has 0 aliphatic carbocycles. The number of nitrogens with zero attached hydrogens (tertiary/aromatic N) is 4. The van der Waals surface area contributed by atoms with Crippen molar-refractivity contribution in [3.05, 3.63) is 67.8 Å². The van der Waals surface area contributed by atoms with E-state index in [-0.39, 0.29) is 11.1 Å². The SMILES string of the molecule is CSc1nc(=O)c2nc(-c3ccc(Br)cc3)c(-c3ccc(Br)cc3)nc2n1C. The van der Waals surface area contributed by atoms with Gasteiger partial charge in [-0.15, -0.1) is 0 Å². The number of hydrogen-bond acceptors (Lipinski definition) is 5. The van der Waals surface area contributed by atoms with Crippen LogP contribution in [-0.4, -0.2) is 25.8 Å². The van der Waals surface area contributed by atoms with E-state index in [0.717, 1.165) is 25.8 Å². The molecule has 2 aromatic carbocycles. The molecule has 0 aliphatic rings. The quantitative estimate of drug-likeness (QED) is 0.272. The summed E-state index contributed by atoms with van der Waals surface area (Å²) in [5.74, 6) is 0. The molecule has 2 heterocycles. The van der Waals surface area contributed by atoms with Gasteiger partial charge in [0.15, 0.2) is 16.3 Å². The summed E-state index contributed by atoms with van der Waals surface area (Å²) in [5.41, 5.74) is 3.58. The topological polar surface area (TPSA) is 60.7 Å². The lowest BCUT2D eigenvalue weighted by Gasteiger charge is -2.13. The fourth-order valence-corrected chi connectivity index (χ4v) is 3.97. The zero-order valence-corrected chi connectivity index (χ0v) is 19.0. The van der Waals surface area contributed by atoms with Gasteiger partial charge in [-0.3, -0.25) is 4.79 Å². The van der Waals surface area contributed by atoms with Gasteiger partial charge in [-0.25, -0.2) is 9.97 Å². The van der Waals surface area contributed by atoms with Crippen molar-refractivity contribution in [2.75, 3.05) is 6.26 Å². The van der Waals surface area contributed by atoms with Crippen LogP contribution in [0.2, 0.25) is 0 Å². The second-order valence-corrected chi connectivity index (χ2v) is 8.67. The molecule has 0 spiro atoms. The fraction of sp³-hybridized carbons (Fsp3) is 0.100. The molecule has 0 bridgehead atoms. The van der Waals surface area contributed by atoms with Crippen molar-refractivity contribution in [3.8, 4) is 22.5 Å². The van der Waals surface area contributed by atoms with Crippen molar-refractivity contribution in [3.63, 3.8) is 0 Å². The molecule has 0 saturated carbocycles. The van der Waals surface area contributed by atoms with Gasteiger partial charge in [0.25, 0.3) is 0 Å². The lowest BCUT2D eigenvalue weighted by molar-refractivity contribution is 0.753. The Bertz CT molecular complexity index is 1240. The van der Waals surface area contributed by atoms with Crippen molar-refractivity contribution in [2.24, 2.45) is 7.05 Å². The molecule has 8 heteroatoms. The highest BCUT2D eigenvalue weighted by atomic mass is 79.9. The largest absolute Gasteiger partial charge is 0.307 e. The third-order valence-corrected chi connectivity index (χ3v) is 6.09. The van der Waals surface area contributed by atoms with Crippen molar-refractivity contribution >= 4 is 54.8 Å². The molecule has 4 aromatic rings. The predicted molar refractivity (Wildman–Crippen MR) is 121 cm³/mol. The maximum absolute atomic E-state index is 12.6. The maximum atomic E-state index is 12.6. The van der Waals surface area contributed by atoms with Crippen LogP contribution in [0.5, 0.6) is 0 Å². The van der Waals surface area contributed by atoms with Gasteiger partial charge in [0.2, 0.25) is 0 Å². The molecular weight excluding hydrogens is 504 g/mol. The molecule has 0 aliphatic heterocycles. The summed E-state index contributed by atoms with van der Waals surface area (Å²) in [6.45, 7) is 0. The Morgan fingerprint density at radius 1 is 0.821 bits per heavy atom. The molecule has 0 radical (unpaired) electrons. The van der Waals surface area contributed by atoms with Crippen LogP contribution in [-0.2, 0) is 7.05 Å². The van der Waals surface area contributed by atoms with Crippen LogP contribution >= 0.6 is 43.6 Å². The van der Waals surface area contributed by atoms with Gasteiger partial charge < -0.3 is 4.57 Å². The zero-order chi connectivity index (χ0) is 19.8.